The zero-order chi connectivity index (χ0) is 15.5. The Labute approximate surface area is 124 Å². The van der Waals surface area contributed by atoms with E-state index in [1.54, 1.807) is 6.92 Å². The Kier molecular flexibility index (Phi) is 4.32. The van der Waals surface area contributed by atoms with Gasteiger partial charge in [-0.05, 0) is 30.7 Å². The van der Waals surface area contributed by atoms with E-state index in [4.69, 9.17) is 10.8 Å². The highest BCUT2D eigenvalue weighted by molar-refractivity contribution is 5.87. The zero-order valence-electron chi connectivity index (χ0n) is 12.3. The summed E-state index contributed by atoms with van der Waals surface area (Å²) in [5.74, 6) is -1.09. The lowest BCUT2D eigenvalue weighted by atomic mass is 9.66. The van der Waals surface area contributed by atoms with Gasteiger partial charge in [0.25, 0.3) is 0 Å². The van der Waals surface area contributed by atoms with E-state index in [0.29, 0.717) is 6.54 Å². The summed E-state index contributed by atoms with van der Waals surface area (Å²) in [5.41, 5.74) is 5.47. The van der Waals surface area contributed by atoms with Crippen molar-refractivity contribution < 1.29 is 14.7 Å². The van der Waals surface area contributed by atoms with Crippen LogP contribution < -0.4 is 11.1 Å². The molecule has 0 aliphatic heterocycles. The summed E-state index contributed by atoms with van der Waals surface area (Å²) in [7, 11) is 0. The summed E-state index contributed by atoms with van der Waals surface area (Å²) < 4.78 is 0. The van der Waals surface area contributed by atoms with E-state index in [1.807, 2.05) is 30.3 Å². The van der Waals surface area contributed by atoms with Crippen molar-refractivity contribution in [3.63, 3.8) is 0 Å². The molecule has 0 heterocycles. The SMILES string of the molecule is CC(N)(C(=O)NCC1(CC(=O)O)CCC1)c1ccccc1. The number of carbonyl (C=O) groups is 2. The lowest BCUT2D eigenvalue weighted by Crippen LogP contribution is -2.52. The number of benzene rings is 1. The molecule has 0 bridgehead atoms. The standard InChI is InChI=1S/C16H22N2O3/c1-15(17,12-6-3-2-4-7-12)14(21)18-11-16(8-5-9-16)10-13(19)20/h2-4,6-7H,5,8-11,17H2,1H3,(H,18,21)(H,19,20). The normalized spacial score (nSPS) is 19.1. The van der Waals surface area contributed by atoms with Crippen LogP contribution in [0.15, 0.2) is 30.3 Å². The summed E-state index contributed by atoms with van der Waals surface area (Å²) in [4.78, 5) is 23.3. The van der Waals surface area contributed by atoms with Crippen LogP contribution in [0.3, 0.4) is 0 Å². The Balaban J connectivity index is 1.99. The molecule has 1 amide bonds. The van der Waals surface area contributed by atoms with Crippen LogP contribution >= 0.6 is 0 Å². The summed E-state index contributed by atoms with van der Waals surface area (Å²) in [6, 6.07) is 9.18. The minimum Gasteiger partial charge on any atom is -0.481 e. The van der Waals surface area contributed by atoms with Crippen LogP contribution in [-0.4, -0.2) is 23.5 Å². The third-order valence-electron chi connectivity index (χ3n) is 4.41. The molecule has 1 atom stereocenters. The quantitative estimate of drug-likeness (QED) is 0.742. The number of nitrogens with two attached hydrogens (primary N) is 1. The summed E-state index contributed by atoms with van der Waals surface area (Å²) in [6.45, 7) is 2.04. The van der Waals surface area contributed by atoms with Crippen LogP contribution in [0.5, 0.6) is 0 Å². The van der Waals surface area contributed by atoms with Crippen molar-refractivity contribution in [3.8, 4) is 0 Å². The molecule has 1 aliphatic carbocycles. The Bertz CT molecular complexity index is 522. The number of hydrogen-bond donors (Lipinski definition) is 3. The van der Waals surface area contributed by atoms with Gasteiger partial charge in [0.1, 0.15) is 5.54 Å². The topological polar surface area (TPSA) is 92.4 Å². The Morgan fingerprint density at radius 1 is 1.33 bits per heavy atom. The first kappa shape index (κ1) is 15.5. The van der Waals surface area contributed by atoms with Gasteiger partial charge in [-0.25, -0.2) is 0 Å². The first-order chi connectivity index (χ1) is 9.86. The average molecular weight is 290 g/mol. The van der Waals surface area contributed by atoms with Gasteiger partial charge in [0.2, 0.25) is 5.91 Å². The van der Waals surface area contributed by atoms with Crippen LogP contribution in [0, 0.1) is 5.41 Å². The predicted octanol–water partition coefficient (Wildman–Crippen LogP) is 1.62. The van der Waals surface area contributed by atoms with Crippen LogP contribution in [0.4, 0.5) is 0 Å². The fourth-order valence-electron chi connectivity index (χ4n) is 2.78. The van der Waals surface area contributed by atoms with Crippen LogP contribution in [0.2, 0.25) is 0 Å². The monoisotopic (exact) mass is 290 g/mol. The molecule has 1 aromatic rings. The average Bonchev–Trinajstić information content (AvgIpc) is 2.41. The molecule has 1 unspecified atom stereocenters. The molecular weight excluding hydrogens is 268 g/mol. The number of aliphatic carboxylic acids is 1. The van der Waals surface area contributed by atoms with Gasteiger partial charge in [0, 0.05) is 6.54 Å². The van der Waals surface area contributed by atoms with Crippen LogP contribution in [0.1, 0.15) is 38.2 Å². The summed E-state index contributed by atoms with van der Waals surface area (Å²) >= 11 is 0. The molecule has 0 saturated heterocycles. The van der Waals surface area contributed by atoms with Gasteiger partial charge in [-0.1, -0.05) is 36.8 Å². The number of nitrogens with one attached hydrogen (secondary N) is 1. The highest BCUT2D eigenvalue weighted by atomic mass is 16.4. The highest BCUT2D eigenvalue weighted by Crippen LogP contribution is 2.43. The maximum Gasteiger partial charge on any atom is 0.303 e. The van der Waals surface area contributed by atoms with Crippen molar-refractivity contribution in [1.82, 2.24) is 5.32 Å². The van der Waals surface area contributed by atoms with Crippen molar-refractivity contribution in [2.45, 2.75) is 38.1 Å². The first-order valence-electron chi connectivity index (χ1n) is 7.20. The molecule has 1 aliphatic rings. The fourth-order valence-corrected chi connectivity index (χ4v) is 2.78. The molecule has 1 fully saturated rings. The Hall–Kier alpha value is -1.88. The van der Waals surface area contributed by atoms with Crippen LogP contribution in [-0.2, 0) is 15.1 Å². The number of hydrogen-bond acceptors (Lipinski definition) is 3. The van der Waals surface area contributed by atoms with E-state index in [-0.39, 0.29) is 17.7 Å². The summed E-state index contributed by atoms with van der Waals surface area (Å²) in [6.07, 6.45) is 2.79. The fraction of sp³-hybridized carbons (Fsp3) is 0.500. The van der Waals surface area contributed by atoms with E-state index in [1.165, 1.54) is 0 Å². The third-order valence-corrected chi connectivity index (χ3v) is 4.41. The minimum atomic E-state index is -1.12. The molecular formula is C16H22N2O3. The molecule has 0 spiro atoms. The van der Waals surface area contributed by atoms with Gasteiger partial charge in [-0.3, -0.25) is 9.59 Å². The molecule has 114 valence electrons. The smallest absolute Gasteiger partial charge is 0.303 e. The zero-order valence-corrected chi connectivity index (χ0v) is 12.3. The van der Waals surface area contributed by atoms with E-state index >= 15 is 0 Å². The van der Waals surface area contributed by atoms with E-state index in [2.05, 4.69) is 5.32 Å². The van der Waals surface area contributed by atoms with Crippen molar-refractivity contribution in [3.05, 3.63) is 35.9 Å². The molecule has 5 nitrogen and oxygen atoms in total. The molecule has 21 heavy (non-hydrogen) atoms. The highest BCUT2D eigenvalue weighted by Gasteiger charge is 2.40. The number of carboxylic acid groups (broad SMARTS) is 1. The van der Waals surface area contributed by atoms with E-state index in [0.717, 1.165) is 24.8 Å². The van der Waals surface area contributed by atoms with Crippen molar-refractivity contribution in [1.29, 1.82) is 0 Å². The molecule has 1 saturated carbocycles. The van der Waals surface area contributed by atoms with Crippen molar-refractivity contribution in [2.75, 3.05) is 6.54 Å². The largest absolute Gasteiger partial charge is 0.481 e. The third kappa shape index (κ3) is 3.42. The number of rotatable bonds is 6. The molecule has 5 heteroatoms. The molecule has 0 radical (unpaired) electrons. The van der Waals surface area contributed by atoms with Gasteiger partial charge < -0.3 is 16.2 Å². The predicted molar refractivity (Wildman–Crippen MR) is 79.5 cm³/mol. The number of amides is 1. The first-order valence-corrected chi connectivity index (χ1v) is 7.20. The number of carbonyl (C=O) groups excluding carboxylic acids is 1. The molecule has 4 N–H and O–H groups in total. The summed E-state index contributed by atoms with van der Waals surface area (Å²) in [5, 5.41) is 11.8. The maximum absolute atomic E-state index is 12.4. The maximum atomic E-state index is 12.4. The lowest BCUT2D eigenvalue weighted by Gasteiger charge is -2.41. The van der Waals surface area contributed by atoms with Gasteiger partial charge >= 0.3 is 5.97 Å². The molecule has 0 aromatic heterocycles. The van der Waals surface area contributed by atoms with Crippen molar-refractivity contribution >= 4 is 11.9 Å². The second kappa shape index (κ2) is 5.85. The molecule has 1 aromatic carbocycles. The Morgan fingerprint density at radius 2 is 1.95 bits per heavy atom. The van der Waals surface area contributed by atoms with Gasteiger partial charge in [0.15, 0.2) is 0 Å². The van der Waals surface area contributed by atoms with Gasteiger partial charge in [-0.2, -0.15) is 0 Å². The molecule has 2 rings (SSSR count). The Morgan fingerprint density at radius 3 is 2.43 bits per heavy atom. The van der Waals surface area contributed by atoms with Crippen LogP contribution in [0.25, 0.3) is 0 Å². The number of carboxylic acids is 1. The van der Waals surface area contributed by atoms with Gasteiger partial charge in [-0.15, -0.1) is 0 Å². The van der Waals surface area contributed by atoms with E-state index in [9.17, 15) is 9.59 Å². The lowest BCUT2D eigenvalue weighted by molar-refractivity contribution is -0.142. The van der Waals surface area contributed by atoms with Crippen molar-refractivity contribution in [2.24, 2.45) is 11.1 Å². The van der Waals surface area contributed by atoms with E-state index < -0.39 is 11.5 Å². The van der Waals surface area contributed by atoms with Gasteiger partial charge in [0.05, 0.1) is 6.42 Å². The minimum absolute atomic E-state index is 0.0971. The second-order valence-corrected chi connectivity index (χ2v) is 6.18. The second-order valence-electron chi connectivity index (χ2n) is 6.18.